The molecule has 3 rings (SSSR count). The molecule has 1 aromatic heterocycles. The van der Waals surface area contributed by atoms with Gasteiger partial charge in [0.1, 0.15) is 4.88 Å². The topological polar surface area (TPSA) is 99.4 Å². The number of fused-ring (bicyclic) bond motifs is 1. The fraction of sp³-hybridized carbons (Fsp3) is 0.308. The minimum Gasteiger partial charge on any atom is -0.454 e. The fourth-order valence-corrected chi connectivity index (χ4v) is 2.69. The zero-order valence-electron chi connectivity index (χ0n) is 11.5. The number of benzene rings is 1. The smallest absolute Gasteiger partial charge is 0.269 e. The number of nitrogens with two attached hydrogens (primary N) is 1. The lowest BCUT2D eigenvalue weighted by atomic mass is 10.1. The molecule has 1 aromatic carbocycles. The number of nitrogens with zero attached hydrogens (tertiary/aromatic N) is 2. The first-order valence-corrected chi connectivity index (χ1v) is 7.16. The highest BCUT2D eigenvalue weighted by atomic mass is 32.1. The standard InChI is InChI=1S/C13H14N4O3S/c1-6(2)11-12(21-17-16-11)13(18)15-8-4-10-9(3-7(8)14)19-5-20-10/h3-4,6H,5,14H2,1-2H3,(H,15,18). The molecule has 8 heteroatoms. The van der Waals surface area contributed by atoms with Crippen molar-refractivity contribution < 1.29 is 14.3 Å². The summed E-state index contributed by atoms with van der Waals surface area (Å²) >= 11 is 1.07. The number of ether oxygens (including phenoxy) is 2. The molecule has 1 amide bonds. The number of carbonyl (C=O) groups excluding carboxylic acids is 1. The number of hydrogen-bond donors (Lipinski definition) is 2. The molecule has 0 aliphatic carbocycles. The van der Waals surface area contributed by atoms with E-state index in [1.165, 1.54) is 0 Å². The number of amides is 1. The van der Waals surface area contributed by atoms with Crippen molar-refractivity contribution >= 4 is 28.8 Å². The van der Waals surface area contributed by atoms with E-state index < -0.39 is 0 Å². The van der Waals surface area contributed by atoms with Crippen LogP contribution in [0.1, 0.15) is 35.1 Å². The van der Waals surface area contributed by atoms with Crippen LogP contribution in [0, 0.1) is 0 Å². The van der Waals surface area contributed by atoms with E-state index in [0.717, 1.165) is 11.5 Å². The highest BCUT2D eigenvalue weighted by Crippen LogP contribution is 2.38. The zero-order valence-corrected chi connectivity index (χ0v) is 12.4. The van der Waals surface area contributed by atoms with Gasteiger partial charge in [-0.3, -0.25) is 4.79 Å². The largest absolute Gasteiger partial charge is 0.454 e. The number of carbonyl (C=O) groups is 1. The summed E-state index contributed by atoms with van der Waals surface area (Å²) < 4.78 is 14.3. The molecular formula is C13H14N4O3S. The molecule has 0 fully saturated rings. The molecule has 0 saturated heterocycles. The van der Waals surface area contributed by atoms with Gasteiger partial charge in [-0.1, -0.05) is 18.3 Å². The third kappa shape index (κ3) is 2.49. The first-order chi connectivity index (χ1) is 10.1. The molecule has 0 radical (unpaired) electrons. The number of aromatic nitrogens is 2. The van der Waals surface area contributed by atoms with Gasteiger partial charge in [-0.25, -0.2) is 0 Å². The van der Waals surface area contributed by atoms with Gasteiger partial charge >= 0.3 is 0 Å². The van der Waals surface area contributed by atoms with Crippen LogP contribution in [0.25, 0.3) is 0 Å². The monoisotopic (exact) mass is 306 g/mol. The summed E-state index contributed by atoms with van der Waals surface area (Å²) in [5, 5.41) is 6.76. The van der Waals surface area contributed by atoms with Gasteiger partial charge in [0.15, 0.2) is 11.5 Å². The second kappa shape index (κ2) is 5.21. The predicted molar refractivity (Wildman–Crippen MR) is 78.9 cm³/mol. The molecule has 0 unspecified atom stereocenters. The van der Waals surface area contributed by atoms with E-state index in [1.807, 2.05) is 13.8 Å². The molecule has 7 nitrogen and oxygen atoms in total. The third-order valence-corrected chi connectivity index (χ3v) is 3.80. The van der Waals surface area contributed by atoms with Crippen LogP contribution in [-0.4, -0.2) is 22.3 Å². The Labute approximate surface area is 125 Å². The maximum absolute atomic E-state index is 12.3. The van der Waals surface area contributed by atoms with Crippen LogP contribution in [0.4, 0.5) is 11.4 Å². The van der Waals surface area contributed by atoms with Crippen molar-refractivity contribution in [2.75, 3.05) is 17.8 Å². The minimum atomic E-state index is -0.278. The Morgan fingerprint density at radius 2 is 2.10 bits per heavy atom. The highest BCUT2D eigenvalue weighted by molar-refractivity contribution is 7.08. The third-order valence-electron chi connectivity index (χ3n) is 3.06. The van der Waals surface area contributed by atoms with Gasteiger partial charge in [0.25, 0.3) is 5.91 Å². The molecular weight excluding hydrogens is 292 g/mol. The second-order valence-electron chi connectivity index (χ2n) is 4.89. The Hall–Kier alpha value is -2.35. The maximum atomic E-state index is 12.3. The first kappa shape index (κ1) is 13.6. The van der Waals surface area contributed by atoms with Crippen molar-refractivity contribution in [2.45, 2.75) is 19.8 Å². The average molecular weight is 306 g/mol. The summed E-state index contributed by atoms with van der Waals surface area (Å²) in [6, 6.07) is 3.28. The zero-order chi connectivity index (χ0) is 15.0. The number of rotatable bonds is 3. The molecule has 2 aromatic rings. The second-order valence-corrected chi connectivity index (χ2v) is 5.64. The van der Waals surface area contributed by atoms with Crippen molar-refractivity contribution in [1.82, 2.24) is 9.59 Å². The quantitative estimate of drug-likeness (QED) is 0.844. The van der Waals surface area contributed by atoms with Crippen LogP contribution >= 0.6 is 11.5 Å². The lowest BCUT2D eigenvalue weighted by molar-refractivity contribution is 0.102. The number of anilines is 2. The van der Waals surface area contributed by atoms with Gasteiger partial charge in [0, 0.05) is 12.1 Å². The van der Waals surface area contributed by atoms with E-state index in [-0.39, 0.29) is 18.6 Å². The Balaban J connectivity index is 1.87. The van der Waals surface area contributed by atoms with E-state index in [0.29, 0.717) is 33.4 Å². The predicted octanol–water partition coefficient (Wildman–Crippen LogP) is 2.22. The van der Waals surface area contributed by atoms with Crippen molar-refractivity contribution in [1.29, 1.82) is 0 Å². The Morgan fingerprint density at radius 1 is 1.38 bits per heavy atom. The van der Waals surface area contributed by atoms with Gasteiger partial charge in [0.2, 0.25) is 6.79 Å². The summed E-state index contributed by atoms with van der Waals surface area (Å²) in [5.74, 6) is 0.983. The molecule has 0 bridgehead atoms. The van der Waals surface area contributed by atoms with Gasteiger partial charge in [-0.15, -0.1) is 5.10 Å². The molecule has 21 heavy (non-hydrogen) atoms. The first-order valence-electron chi connectivity index (χ1n) is 6.39. The lowest BCUT2D eigenvalue weighted by Gasteiger charge is -2.09. The van der Waals surface area contributed by atoms with Crippen LogP contribution in [0.15, 0.2) is 12.1 Å². The summed E-state index contributed by atoms with van der Waals surface area (Å²) in [5.41, 5.74) is 7.48. The van der Waals surface area contributed by atoms with Gasteiger partial charge in [-0.2, -0.15) is 0 Å². The Kier molecular flexibility index (Phi) is 3.38. The van der Waals surface area contributed by atoms with E-state index in [2.05, 4.69) is 14.9 Å². The van der Waals surface area contributed by atoms with Crippen molar-refractivity contribution in [3.05, 3.63) is 22.7 Å². The van der Waals surface area contributed by atoms with Gasteiger partial charge in [-0.05, 0) is 17.5 Å². The van der Waals surface area contributed by atoms with Crippen molar-refractivity contribution in [3.63, 3.8) is 0 Å². The van der Waals surface area contributed by atoms with Crippen LogP contribution < -0.4 is 20.5 Å². The number of hydrogen-bond acceptors (Lipinski definition) is 7. The highest BCUT2D eigenvalue weighted by Gasteiger charge is 2.21. The van der Waals surface area contributed by atoms with Crippen molar-refractivity contribution in [3.8, 4) is 11.5 Å². The Bertz CT molecular complexity index is 699. The summed E-state index contributed by atoms with van der Waals surface area (Å²) in [7, 11) is 0. The molecule has 110 valence electrons. The Morgan fingerprint density at radius 3 is 2.81 bits per heavy atom. The molecule has 0 saturated carbocycles. The SMILES string of the molecule is CC(C)c1nnsc1C(=O)Nc1cc2c(cc1N)OCO2. The maximum Gasteiger partial charge on any atom is 0.269 e. The molecule has 3 N–H and O–H groups in total. The molecule has 0 atom stereocenters. The fourth-order valence-electron chi connectivity index (χ4n) is 1.98. The number of nitrogens with one attached hydrogen (secondary N) is 1. The minimum absolute atomic E-state index is 0.124. The van der Waals surface area contributed by atoms with E-state index in [4.69, 9.17) is 15.2 Å². The van der Waals surface area contributed by atoms with Crippen LogP contribution in [0.5, 0.6) is 11.5 Å². The summed E-state index contributed by atoms with van der Waals surface area (Å²) in [4.78, 5) is 12.8. The van der Waals surface area contributed by atoms with Crippen LogP contribution in [0.3, 0.4) is 0 Å². The van der Waals surface area contributed by atoms with E-state index in [1.54, 1.807) is 12.1 Å². The average Bonchev–Trinajstić information content (AvgIpc) is 3.06. The molecule has 1 aliphatic rings. The van der Waals surface area contributed by atoms with Crippen LogP contribution in [-0.2, 0) is 0 Å². The van der Waals surface area contributed by atoms with E-state index >= 15 is 0 Å². The molecule has 2 heterocycles. The summed E-state index contributed by atoms with van der Waals surface area (Å²) in [6.07, 6.45) is 0. The molecule has 1 aliphatic heterocycles. The number of nitrogen functional groups attached to an aromatic ring is 1. The van der Waals surface area contributed by atoms with Gasteiger partial charge in [0.05, 0.1) is 17.1 Å². The van der Waals surface area contributed by atoms with Gasteiger partial charge < -0.3 is 20.5 Å². The van der Waals surface area contributed by atoms with E-state index in [9.17, 15) is 4.79 Å². The lowest BCUT2D eigenvalue weighted by Crippen LogP contribution is -2.14. The van der Waals surface area contributed by atoms with Crippen LogP contribution in [0.2, 0.25) is 0 Å². The summed E-state index contributed by atoms with van der Waals surface area (Å²) in [6.45, 7) is 4.08. The van der Waals surface area contributed by atoms with Crippen molar-refractivity contribution in [2.24, 2.45) is 0 Å². The molecule has 0 spiro atoms. The normalized spacial score (nSPS) is 12.7.